The molecule has 0 spiro atoms. The van der Waals surface area contributed by atoms with Crippen molar-refractivity contribution in [3.63, 3.8) is 0 Å². The molecule has 140 valence electrons. The van der Waals surface area contributed by atoms with Crippen molar-refractivity contribution in [1.82, 2.24) is 9.80 Å². The fourth-order valence-corrected chi connectivity index (χ4v) is 4.20. The van der Waals surface area contributed by atoms with Gasteiger partial charge in [-0.1, -0.05) is 74.3 Å². The van der Waals surface area contributed by atoms with Crippen molar-refractivity contribution in [2.75, 3.05) is 26.7 Å². The van der Waals surface area contributed by atoms with Gasteiger partial charge in [-0.25, -0.2) is 0 Å². The van der Waals surface area contributed by atoms with Gasteiger partial charge in [-0.15, -0.1) is 0 Å². The summed E-state index contributed by atoms with van der Waals surface area (Å²) in [6.45, 7) is 12.4. The molecule has 2 unspecified atom stereocenters. The lowest BCUT2D eigenvalue weighted by Crippen LogP contribution is -2.57. The third kappa shape index (κ3) is 4.31. The van der Waals surface area contributed by atoms with Crippen LogP contribution in [0.1, 0.15) is 43.5 Å². The van der Waals surface area contributed by atoms with Crippen molar-refractivity contribution in [2.24, 2.45) is 5.41 Å². The van der Waals surface area contributed by atoms with Crippen molar-refractivity contribution >= 4 is 11.6 Å². The minimum Gasteiger partial charge on any atom is -0.300 e. The summed E-state index contributed by atoms with van der Waals surface area (Å²) < 4.78 is 0. The highest BCUT2D eigenvalue weighted by molar-refractivity contribution is 6.30. The molecular weight excluding hydrogens is 340 g/mol. The minimum absolute atomic E-state index is 0.255. The maximum Gasteiger partial charge on any atom is 0.0602 e. The maximum atomic E-state index is 6.15. The number of nitrogens with zero attached hydrogens (tertiary/aromatic N) is 2. The van der Waals surface area contributed by atoms with E-state index in [0.717, 1.165) is 24.7 Å². The molecule has 1 saturated heterocycles. The molecule has 26 heavy (non-hydrogen) atoms. The second-order valence-corrected chi connectivity index (χ2v) is 9.16. The lowest BCUT2D eigenvalue weighted by molar-refractivity contribution is 0.0205. The number of likely N-dealkylation sites (N-methyl/N-ethyl adjacent to an activating group) is 1. The first-order valence-electron chi connectivity index (χ1n) is 9.52. The van der Waals surface area contributed by atoms with Crippen LogP contribution in [0.3, 0.4) is 0 Å². The molecule has 3 rings (SSSR count). The molecule has 1 heterocycles. The van der Waals surface area contributed by atoms with Crippen LogP contribution in [0.25, 0.3) is 0 Å². The van der Waals surface area contributed by atoms with E-state index in [4.69, 9.17) is 11.6 Å². The molecule has 1 aliphatic heterocycles. The minimum atomic E-state index is 0.255. The number of aryl methyl sites for hydroxylation is 1. The fraction of sp³-hybridized carbons (Fsp3) is 0.478. The van der Waals surface area contributed by atoms with Gasteiger partial charge in [0, 0.05) is 30.7 Å². The predicted octanol–water partition coefficient (Wildman–Crippen LogP) is 5.40. The Morgan fingerprint density at radius 3 is 2.00 bits per heavy atom. The summed E-state index contributed by atoms with van der Waals surface area (Å²) >= 11 is 6.15. The molecule has 0 aromatic heterocycles. The molecule has 2 atom stereocenters. The summed E-state index contributed by atoms with van der Waals surface area (Å²) in [6.07, 6.45) is 0. The predicted molar refractivity (Wildman–Crippen MR) is 112 cm³/mol. The van der Waals surface area contributed by atoms with Crippen LogP contribution in [-0.2, 0) is 0 Å². The zero-order valence-electron chi connectivity index (χ0n) is 16.7. The highest BCUT2D eigenvalue weighted by Crippen LogP contribution is 2.34. The van der Waals surface area contributed by atoms with Crippen LogP contribution < -0.4 is 0 Å². The first-order chi connectivity index (χ1) is 12.3. The van der Waals surface area contributed by atoms with E-state index in [0.29, 0.717) is 6.04 Å². The van der Waals surface area contributed by atoms with Crippen molar-refractivity contribution in [3.05, 3.63) is 70.2 Å². The number of hydrogen-bond acceptors (Lipinski definition) is 2. The molecule has 2 nitrogen and oxygen atoms in total. The first-order valence-corrected chi connectivity index (χ1v) is 9.90. The van der Waals surface area contributed by atoms with Crippen LogP contribution >= 0.6 is 11.6 Å². The monoisotopic (exact) mass is 370 g/mol. The van der Waals surface area contributed by atoms with E-state index in [-0.39, 0.29) is 11.5 Å². The van der Waals surface area contributed by atoms with Crippen LogP contribution in [0, 0.1) is 12.3 Å². The molecule has 0 bridgehead atoms. The summed E-state index contributed by atoms with van der Waals surface area (Å²) in [5.41, 5.74) is 4.23. The Bertz CT molecular complexity index is 670. The van der Waals surface area contributed by atoms with Gasteiger partial charge in [0.15, 0.2) is 0 Å². The number of piperazine rings is 1. The average molecular weight is 371 g/mol. The molecule has 1 fully saturated rings. The Balaban J connectivity index is 1.97. The van der Waals surface area contributed by atoms with Gasteiger partial charge >= 0.3 is 0 Å². The highest BCUT2D eigenvalue weighted by atomic mass is 35.5. The zero-order chi connectivity index (χ0) is 18.9. The standard InChI is InChI=1S/C23H31ClN2/c1-17-6-8-18(9-7-17)22(19-10-12-20(24)13-11-19)26-15-14-25(5)21(16-26)23(2,3)4/h6-13,21-22H,14-16H2,1-5H3. The van der Waals surface area contributed by atoms with Gasteiger partial charge < -0.3 is 4.90 Å². The molecule has 3 heteroatoms. The largest absolute Gasteiger partial charge is 0.300 e. The topological polar surface area (TPSA) is 6.48 Å². The Hall–Kier alpha value is -1.35. The molecule has 0 aliphatic carbocycles. The van der Waals surface area contributed by atoms with Gasteiger partial charge in [0.25, 0.3) is 0 Å². The molecule has 0 saturated carbocycles. The first kappa shape index (κ1) is 19.4. The van der Waals surface area contributed by atoms with Crippen LogP contribution in [0.15, 0.2) is 48.5 Å². The molecule has 0 N–H and O–H groups in total. The van der Waals surface area contributed by atoms with Gasteiger partial charge in [-0.05, 0) is 42.6 Å². The molecule has 1 aliphatic rings. The third-order valence-electron chi connectivity index (χ3n) is 5.62. The smallest absolute Gasteiger partial charge is 0.0602 e. The summed E-state index contributed by atoms with van der Waals surface area (Å²) in [6, 6.07) is 18.2. The molecule has 0 amide bonds. The van der Waals surface area contributed by atoms with Gasteiger partial charge in [-0.2, -0.15) is 0 Å². The second-order valence-electron chi connectivity index (χ2n) is 8.72. The fourth-order valence-electron chi connectivity index (χ4n) is 4.07. The Kier molecular flexibility index (Phi) is 5.76. The summed E-state index contributed by atoms with van der Waals surface area (Å²) in [4.78, 5) is 5.16. The van der Waals surface area contributed by atoms with Gasteiger partial charge in [0.1, 0.15) is 0 Å². The second kappa shape index (κ2) is 7.72. The van der Waals surface area contributed by atoms with Crippen molar-refractivity contribution in [2.45, 2.75) is 39.8 Å². The van der Waals surface area contributed by atoms with Gasteiger partial charge in [-0.3, -0.25) is 4.90 Å². The van der Waals surface area contributed by atoms with Crippen molar-refractivity contribution < 1.29 is 0 Å². The summed E-state index contributed by atoms with van der Waals surface area (Å²) in [5, 5.41) is 0.794. The maximum absolute atomic E-state index is 6.15. The lowest BCUT2D eigenvalue weighted by Gasteiger charge is -2.48. The normalized spacial score (nSPS) is 20.9. The number of hydrogen-bond donors (Lipinski definition) is 0. The third-order valence-corrected chi connectivity index (χ3v) is 5.88. The van der Waals surface area contributed by atoms with E-state index in [9.17, 15) is 0 Å². The van der Waals surface area contributed by atoms with Crippen LogP contribution in [0.2, 0.25) is 5.02 Å². The Morgan fingerprint density at radius 1 is 0.923 bits per heavy atom. The van der Waals surface area contributed by atoms with Crippen molar-refractivity contribution in [1.29, 1.82) is 0 Å². The molecular formula is C23H31ClN2. The van der Waals surface area contributed by atoms with Crippen molar-refractivity contribution in [3.8, 4) is 0 Å². The number of rotatable bonds is 3. The van der Waals surface area contributed by atoms with Gasteiger partial charge in [0.2, 0.25) is 0 Å². The Morgan fingerprint density at radius 2 is 1.46 bits per heavy atom. The molecule has 0 radical (unpaired) electrons. The quantitative estimate of drug-likeness (QED) is 0.713. The zero-order valence-corrected chi connectivity index (χ0v) is 17.4. The van der Waals surface area contributed by atoms with E-state index in [1.807, 2.05) is 12.1 Å². The van der Waals surface area contributed by atoms with Crippen LogP contribution in [0.4, 0.5) is 0 Å². The lowest BCUT2D eigenvalue weighted by atomic mass is 9.83. The Labute approximate surface area is 163 Å². The summed E-state index contributed by atoms with van der Waals surface area (Å²) in [5.74, 6) is 0. The number of benzene rings is 2. The van der Waals surface area contributed by atoms with E-state index in [1.165, 1.54) is 16.7 Å². The van der Waals surface area contributed by atoms with E-state index < -0.39 is 0 Å². The SMILES string of the molecule is Cc1ccc(C(c2ccc(Cl)cc2)N2CCN(C)C(C(C)(C)C)C2)cc1. The highest BCUT2D eigenvalue weighted by Gasteiger charge is 2.36. The molecule has 2 aromatic rings. The van der Waals surface area contributed by atoms with Gasteiger partial charge in [0.05, 0.1) is 6.04 Å². The van der Waals surface area contributed by atoms with E-state index in [1.54, 1.807) is 0 Å². The molecule has 2 aromatic carbocycles. The van der Waals surface area contributed by atoms with Crippen LogP contribution in [-0.4, -0.2) is 42.5 Å². The van der Waals surface area contributed by atoms with E-state index >= 15 is 0 Å². The number of halogens is 1. The summed E-state index contributed by atoms with van der Waals surface area (Å²) in [7, 11) is 2.26. The van der Waals surface area contributed by atoms with Crippen LogP contribution in [0.5, 0.6) is 0 Å². The van der Waals surface area contributed by atoms with E-state index in [2.05, 4.69) is 80.9 Å². The average Bonchev–Trinajstić information content (AvgIpc) is 2.59.